The number of hydrogen-bond acceptors (Lipinski definition) is 13. The molecule has 0 radical (unpaired) electrons. The zero-order valence-corrected chi connectivity index (χ0v) is 37.7. The van der Waals surface area contributed by atoms with Crippen molar-refractivity contribution in [2.45, 2.75) is 50.1 Å². The number of nitrogens with one attached hydrogen (secondary N) is 3. The van der Waals surface area contributed by atoms with Crippen LogP contribution in [0, 0.1) is 11.7 Å². The summed E-state index contributed by atoms with van der Waals surface area (Å²) in [5, 5.41) is 26.8. The number of carboxylic acids is 2. The molecule has 3 saturated heterocycles. The van der Waals surface area contributed by atoms with Crippen LogP contribution in [0.1, 0.15) is 56.8 Å². The summed E-state index contributed by atoms with van der Waals surface area (Å²) in [6.07, 6.45) is 1.18. The third-order valence-electron chi connectivity index (χ3n) is 11.8. The normalized spacial score (nSPS) is 17.9. The number of carboxylic acid groups (broad SMARTS) is 2. The molecule has 4 aliphatic rings. The summed E-state index contributed by atoms with van der Waals surface area (Å²) < 4.78 is 54.4. The van der Waals surface area contributed by atoms with Crippen molar-refractivity contribution in [1.82, 2.24) is 19.4 Å². The number of aromatic carboxylic acids is 1. The summed E-state index contributed by atoms with van der Waals surface area (Å²) in [4.78, 5) is 89.1. The van der Waals surface area contributed by atoms with Gasteiger partial charge in [-0.3, -0.25) is 29.3 Å². The van der Waals surface area contributed by atoms with E-state index in [9.17, 15) is 51.5 Å². The first kappa shape index (κ1) is 46.9. The molecule has 8 rings (SSSR count). The highest BCUT2D eigenvalue weighted by Crippen LogP contribution is 2.46. The number of likely N-dealkylation sites (tertiary alicyclic amines) is 1. The molecule has 1 aromatic heterocycles. The highest BCUT2D eigenvalue weighted by atomic mass is 35.5. The van der Waals surface area contributed by atoms with Crippen LogP contribution < -0.4 is 25.4 Å². The van der Waals surface area contributed by atoms with Crippen molar-refractivity contribution in [3.8, 4) is 21.9 Å². The summed E-state index contributed by atoms with van der Waals surface area (Å²) >= 11 is 7.31. The summed E-state index contributed by atoms with van der Waals surface area (Å²) in [7, 11) is -3.87. The Balaban J connectivity index is 0.802. The predicted octanol–water partition coefficient (Wildman–Crippen LogP) is 4.01. The lowest BCUT2D eigenvalue weighted by atomic mass is 9.99. The molecule has 5 amide bonds. The number of carbonyl (C=O) groups is 7. The van der Waals surface area contributed by atoms with Gasteiger partial charge in [0.15, 0.2) is 23.8 Å². The summed E-state index contributed by atoms with van der Waals surface area (Å²) in [5.74, 6) is -6.79. The predicted molar refractivity (Wildman–Crippen MR) is 239 cm³/mol. The Labute approximate surface area is 390 Å². The maximum absolute atomic E-state index is 14.9. The van der Waals surface area contributed by atoms with Crippen LogP contribution in [0.5, 0.6) is 11.5 Å². The molecule has 1 unspecified atom stereocenters. The number of fused-ring (bicyclic) bond motifs is 1. The lowest BCUT2D eigenvalue weighted by Crippen LogP contribution is -2.55. The first-order valence-corrected chi connectivity index (χ1v) is 23.8. The molecule has 23 heteroatoms. The first-order valence-electron chi connectivity index (χ1n) is 21.0. The van der Waals surface area contributed by atoms with E-state index >= 15 is 0 Å². The fourth-order valence-electron chi connectivity index (χ4n) is 8.32. The molecular weight excluding hydrogens is 939 g/mol. The van der Waals surface area contributed by atoms with E-state index in [0.29, 0.717) is 40.1 Å². The number of benzene rings is 3. The van der Waals surface area contributed by atoms with E-state index in [0.717, 1.165) is 17.4 Å². The first-order chi connectivity index (χ1) is 31.9. The number of piperidine rings is 2. The molecule has 5 heterocycles. The summed E-state index contributed by atoms with van der Waals surface area (Å²) in [6, 6.07) is 14.5. The second-order valence-electron chi connectivity index (χ2n) is 16.3. The van der Waals surface area contributed by atoms with Gasteiger partial charge >= 0.3 is 11.9 Å². The smallest absolute Gasteiger partial charge is 0.349 e. The minimum atomic E-state index is -3.87. The van der Waals surface area contributed by atoms with Crippen molar-refractivity contribution < 1.29 is 66.1 Å². The number of imide groups is 1. The SMILES string of the molecule is O=C(O)COc1c(C(=O)O)sc(-c2cccc(NC3CCN(S(=O)(=O)Cc4ccc(F)c(NC(=O)C5CN(C(=O)COc6cccc7c6CN(C6CCC(=O)NC6=O)C7=O)C5)c4)CC3)c2)c1Cl. The van der Waals surface area contributed by atoms with Crippen molar-refractivity contribution >= 4 is 85.8 Å². The molecule has 0 bridgehead atoms. The Morgan fingerprint density at radius 1 is 0.940 bits per heavy atom. The number of thiophene rings is 1. The van der Waals surface area contributed by atoms with Crippen molar-refractivity contribution in [3.63, 3.8) is 0 Å². The van der Waals surface area contributed by atoms with Crippen molar-refractivity contribution in [1.29, 1.82) is 0 Å². The van der Waals surface area contributed by atoms with E-state index < -0.39 is 82.3 Å². The number of aliphatic carboxylic acids is 1. The molecule has 3 fully saturated rings. The number of halogens is 2. The maximum Gasteiger partial charge on any atom is 0.349 e. The third kappa shape index (κ3) is 10.2. The number of nitrogens with zero attached hydrogens (tertiary/aromatic N) is 3. The van der Waals surface area contributed by atoms with Gasteiger partial charge in [-0.1, -0.05) is 35.9 Å². The van der Waals surface area contributed by atoms with E-state index in [1.54, 1.807) is 42.5 Å². The molecule has 67 heavy (non-hydrogen) atoms. The van der Waals surface area contributed by atoms with E-state index in [2.05, 4.69) is 16.0 Å². The number of hydrogen-bond donors (Lipinski definition) is 5. The molecular formula is C44H42ClFN6O13S2. The van der Waals surface area contributed by atoms with Gasteiger partial charge in [-0.05, 0) is 66.8 Å². The number of anilines is 2. The van der Waals surface area contributed by atoms with Gasteiger partial charge in [0.1, 0.15) is 22.6 Å². The van der Waals surface area contributed by atoms with Gasteiger partial charge in [0.2, 0.25) is 27.7 Å². The second kappa shape index (κ2) is 19.3. The lowest BCUT2D eigenvalue weighted by molar-refractivity contribution is -0.143. The van der Waals surface area contributed by atoms with Crippen LogP contribution in [0.4, 0.5) is 15.8 Å². The zero-order valence-electron chi connectivity index (χ0n) is 35.3. The van der Waals surface area contributed by atoms with E-state index in [1.807, 2.05) is 0 Å². The standard InChI is InChI=1S/C44H42ClFN6O13S2/c45-37-38(65-21-36(55)56)40(44(60)61)66-39(37)24-3-1-4-27(16-24)47-26-11-13-51(14-12-26)67(62,63)22-23-7-8-30(46)31(15-23)48-41(57)25-17-50(18-25)35(54)20-64-33-6-2-5-28-29(33)19-52(43(28)59)32-9-10-34(53)49-42(32)58/h1-8,15-16,25-26,32,47H,9-14,17-22H2,(H,48,57)(H,55,56)(H,60,61)(H,49,53,58). The molecule has 352 valence electrons. The molecule has 4 aromatic rings. The van der Waals surface area contributed by atoms with Crippen LogP contribution in [0.3, 0.4) is 0 Å². The van der Waals surface area contributed by atoms with Crippen molar-refractivity contribution in [3.05, 3.63) is 93.1 Å². The molecule has 0 aliphatic carbocycles. The van der Waals surface area contributed by atoms with Crippen molar-refractivity contribution in [2.75, 3.05) is 50.0 Å². The van der Waals surface area contributed by atoms with Gasteiger partial charge in [0.25, 0.3) is 11.8 Å². The van der Waals surface area contributed by atoms with Crippen LogP contribution >= 0.6 is 22.9 Å². The van der Waals surface area contributed by atoms with Gasteiger partial charge in [-0.2, -0.15) is 0 Å². The fraction of sp³-hybridized carbons (Fsp3) is 0.341. The van der Waals surface area contributed by atoms with Crippen LogP contribution in [0.2, 0.25) is 5.02 Å². The largest absolute Gasteiger partial charge is 0.483 e. The van der Waals surface area contributed by atoms with Crippen molar-refractivity contribution in [2.24, 2.45) is 5.92 Å². The van der Waals surface area contributed by atoms with Gasteiger partial charge in [0, 0.05) is 55.5 Å². The molecule has 19 nitrogen and oxygen atoms in total. The quantitative estimate of drug-likeness (QED) is 0.0995. The molecule has 0 spiro atoms. The number of rotatable bonds is 16. The number of amides is 5. The van der Waals surface area contributed by atoms with Crippen LogP contribution in [-0.2, 0) is 46.3 Å². The Morgan fingerprint density at radius 3 is 2.40 bits per heavy atom. The number of sulfonamides is 1. The Kier molecular flexibility index (Phi) is 13.5. The van der Waals surface area contributed by atoms with E-state index in [4.69, 9.17) is 26.2 Å². The topological polar surface area (TPSA) is 258 Å². The molecule has 5 N–H and O–H groups in total. The number of carbonyl (C=O) groups excluding carboxylic acids is 5. The van der Waals surface area contributed by atoms with Crippen LogP contribution in [0.15, 0.2) is 60.7 Å². The Bertz CT molecular complexity index is 2810. The maximum atomic E-state index is 14.9. The summed E-state index contributed by atoms with van der Waals surface area (Å²) in [6.45, 7) is -0.687. The highest BCUT2D eigenvalue weighted by Gasteiger charge is 2.41. The Hall–Kier alpha value is -6.62. The molecule has 3 aromatic carbocycles. The van der Waals surface area contributed by atoms with Crippen LogP contribution in [0.25, 0.3) is 10.4 Å². The minimum Gasteiger partial charge on any atom is -0.483 e. The van der Waals surface area contributed by atoms with Gasteiger partial charge in [-0.15, -0.1) is 11.3 Å². The van der Waals surface area contributed by atoms with Gasteiger partial charge in [0.05, 0.1) is 28.8 Å². The average molecular weight is 981 g/mol. The highest BCUT2D eigenvalue weighted by molar-refractivity contribution is 7.88. The van der Waals surface area contributed by atoms with Crippen LogP contribution in [-0.4, -0.2) is 126 Å². The van der Waals surface area contributed by atoms with Gasteiger partial charge < -0.3 is 40.1 Å². The molecule has 1 atom stereocenters. The third-order valence-corrected chi connectivity index (χ3v) is 15.3. The van der Waals surface area contributed by atoms with E-state index in [1.165, 1.54) is 26.2 Å². The zero-order chi connectivity index (χ0) is 47.7. The molecule has 4 aliphatic heterocycles. The second-order valence-corrected chi connectivity index (χ2v) is 19.7. The Morgan fingerprint density at radius 2 is 1.69 bits per heavy atom. The number of ether oxygens (including phenoxy) is 2. The minimum absolute atomic E-state index is 0.0255. The fourth-order valence-corrected chi connectivity index (χ4v) is 11.3. The molecule has 0 saturated carbocycles. The van der Waals surface area contributed by atoms with Gasteiger partial charge in [-0.25, -0.2) is 26.7 Å². The summed E-state index contributed by atoms with van der Waals surface area (Å²) in [5.41, 5.74) is 2.10. The average Bonchev–Trinajstić information content (AvgIpc) is 3.79. The lowest BCUT2D eigenvalue weighted by Gasteiger charge is -2.38. The monoisotopic (exact) mass is 980 g/mol. The van der Waals surface area contributed by atoms with E-state index in [-0.39, 0.29) is 90.2 Å².